The van der Waals surface area contributed by atoms with E-state index in [0.717, 1.165) is 0 Å². The number of aliphatic carboxylic acids is 1. The highest BCUT2D eigenvalue weighted by molar-refractivity contribution is 5.69. The zero-order valence-corrected chi connectivity index (χ0v) is 7.03. The second-order valence-corrected chi connectivity index (χ2v) is 2.42. The second-order valence-electron chi connectivity index (χ2n) is 2.42. The van der Waals surface area contributed by atoms with Gasteiger partial charge in [0.25, 0.3) is 0 Å². The van der Waals surface area contributed by atoms with Crippen molar-refractivity contribution >= 4 is 5.97 Å². The summed E-state index contributed by atoms with van der Waals surface area (Å²) in [6.45, 7) is 5.43. The van der Waals surface area contributed by atoms with Crippen LogP contribution in [0.1, 0.15) is 6.92 Å². The molecule has 0 heterocycles. The van der Waals surface area contributed by atoms with Crippen LogP contribution in [-0.2, 0) is 4.79 Å². The van der Waals surface area contributed by atoms with Gasteiger partial charge in [-0.15, -0.1) is 6.58 Å². The Hall–Kier alpha value is -1.34. The van der Waals surface area contributed by atoms with Gasteiger partial charge in [0, 0.05) is 6.54 Å². The lowest BCUT2D eigenvalue weighted by atomic mass is 10.3. The van der Waals surface area contributed by atoms with Crippen LogP contribution in [0.5, 0.6) is 0 Å². The number of carboxylic acid groups (broad SMARTS) is 1. The van der Waals surface area contributed by atoms with Gasteiger partial charge in [-0.2, -0.15) is 5.26 Å². The quantitative estimate of drug-likeness (QED) is 0.606. The van der Waals surface area contributed by atoms with Crippen molar-refractivity contribution in [3.05, 3.63) is 12.7 Å². The number of carbonyl (C=O) groups is 1. The van der Waals surface area contributed by atoms with Crippen LogP contribution < -0.4 is 0 Å². The van der Waals surface area contributed by atoms with Crippen molar-refractivity contribution in [3.8, 4) is 6.07 Å². The summed E-state index contributed by atoms with van der Waals surface area (Å²) in [5.74, 6) is -0.932. The number of rotatable bonds is 5. The summed E-state index contributed by atoms with van der Waals surface area (Å²) in [6.07, 6.45) is 1.58. The predicted molar refractivity (Wildman–Crippen MR) is 44.5 cm³/mol. The van der Waals surface area contributed by atoms with Crippen LogP contribution in [0.3, 0.4) is 0 Å². The zero-order valence-electron chi connectivity index (χ0n) is 7.03. The van der Waals surface area contributed by atoms with Crippen LogP contribution in [0.15, 0.2) is 12.7 Å². The molecule has 0 fully saturated rings. The number of nitriles is 1. The van der Waals surface area contributed by atoms with E-state index in [-0.39, 0.29) is 12.6 Å². The molecule has 4 nitrogen and oxygen atoms in total. The lowest BCUT2D eigenvalue weighted by Gasteiger charge is -2.19. The Morgan fingerprint density at radius 1 is 1.92 bits per heavy atom. The molecular weight excluding hydrogens is 156 g/mol. The zero-order chi connectivity index (χ0) is 9.56. The van der Waals surface area contributed by atoms with Gasteiger partial charge >= 0.3 is 5.97 Å². The fourth-order valence-electron chi connectivity index (χ4n) is 0.781. The molecule has 1 unspecified atom stereocenters. The molecule has 0 aliphatic carbocycles. The Labute approximate surface area is 71.7 Å². The van der Waals surface area contributed by atoms with Gasteiger partial charge in [0.1, 0.15) is 0 Å². The first-order valence-corrected chi connectivity index (χ1v) is 3.58. The third-order valence-electron chi connectivity index (χ3n) is 1.44. The Kier molecular flexibility index (Phi) is 4.73. The highest BCUT2D eigenvalue weighted by Gasteiger charge is 2.14. The molecule has 0 saturated carbocycles. The Balaban J connectivity index is 4.13. The highest BCUT2D eigenvalue weighted by atomic mass is 16.4. The van der Waals surface area contributed by atoms with E-state index >= 15 is 0 Å². The van der Waals surface area contributed by atoms with E-state index in [0.29, 0.717) is 6.54 Å². The molecule has 0 radical (unpaired) electrons. The first kappa shape index (κ1) is 10.7. The summed E-state index contributed by atoms with van der Waals surface area (Å²) < 4.78 is 0. The Morgan fingerprint density at radius 3 is 2.83 bits per heavy atom. The summed E-state index contributed by atoms with van der Waals surface area (Å²) in [7, 11) is 0. The largest absolute Gasteiger partial charge is 0.480 e. The van der Waals surface area contributed by atoms with Crippen LogP contribution in [0.25, 0.3) is 0 Å². The van der Waals surface area contributed by atoms with E-state index < -0.39 is 5.97 Å². The van der Waals surface area contributed by atoms with Crippen LogP contribution in [-0.4, -0.2) is 35.1 Å². The van der Waals surface area contributed by atoms with Crippen molar-refractivity contribution < 1.29 is 9.90 Å². The van der Waals surface area contributed by atoms with Gasteiger partial charge in [0.05, 0.1) is 18.7 Å². The van der Waals surface area contributed by atoms with Crippen LogP contribution in [0, 0.1) is 11.3 Å². The molecule has 0 saturated heterocycles. The fraction of sp³-hybridized carbons (Fsp3) is 0.500. The van der Waals surface area contributed by atoms with Crippen molar-refractivity contribution in [2.75, 3.05) is 13.1 Å². The normalized spacial score (nSPS) is 12.1. The Morgan fingerprint density at radius 2 is 2.50 bits per heavy atom. The maximum absolute atomic E-state index is 10.3. The molecule has 0 rings (SSSR count). The smallest absolute Gasteiger partial charge is 0.317 e. The lowest BCUT2D eigenvalue weighted by molar-refractivity contribution is -0.138. The third-order valence-corrected chi connectivity index (χ3v) is 1.44. The van der Waals surface area contributed by atoms with E-state index in [2.05, 4.69) is 6.58 Å². The predicted octanol–water partition coefficient (Wildman–Crippen LogP) is 0.471. The molecule has 1 atom stereocenters. The summed E-state index contributed by atoms with van der Waals surface area (Å²) in [5, 5.41) is 17.0. The number of hydrogen-bond acceptors (Lipinski definition) is 3. The van der Waals surface area contributed by atoms with Gasteiger partial charge < -0.3 is 5.11 Å². The highest BCUT2D eigenvalue weighted by Crippen LogP contribution is 1.96. The molecule has 0 amide bonds. The topological polar surface area (TPSA) is 64.3 Å². The van der Waals surface area contributed by atoms with Gasteiger partial charge in [0.15, 0.2) is 0 Å². The van der Waals surface area contributed by atoms with Crippen molar-refractivity contribution in [1.82, 2.24) is 4.90 Å². The first-order valence-electron chi connectivity index (χ1n) is 3.58. The fourth-order valence-corrected chi connectivity index (χ4v) is 0.781. The molecule has 0 bridgehead atoms. The van der Waals surface area contributed by atoms with E-state index in [1.165, 1.54) is 4.90 Å². The average molecular weight is 168 g/mol. The van der Waals surface area contributed by atoms with Crippen LogP contribution >= 0.6 is 0 Å². The standard InChI is InChI=1S/C8H12N2O2/c1-3-4-10(6-8(11)12)7(2)5-9/h3,7H,1,4,6H2,2H3,(H,11,12). The summed E-state index contributed by atoms with van der Waals surface area (Å²) in [4.78, 5) is 11.8. The summed E-state index contributed by atoms with van der Waals surface area (Å²) in [6, 6.07) is 1.58. The van der Waals surface area contributed by atoms with E-state index in [4.69, 9.17) is 10.4 Å². The van der Waals surface area contributed by atoms with Gasteiger partial charge in [-0.25, -0.2) is 0 Å². The average Bonchev–Trinajstić information content (AvgIpc) is 2.01. The molecule has 66 valence electrons. The van der Waals surface area contributed by atoms with Gasteiger partial charge in [0.2, 0.25) is 0 Å². The monoisotopic (exact) mass is 168 g/mol. The molecule has 0 aromatic heterocycles. The van der Waals surface area contributed by atoms with E-state index in [9.17, 15) is 4.79 Å². The molecule has 12 heavy (non-hydrogen) atoms. The summed E-state index contributed by atoms with van der Waals surface area (Å²) in [5.41, 5.74) is 0. The van der Waals surface area contributed by atoms with Crippen molar-refractivity contribution in [2.24, 2.45) is 0 Å². The molecule has 0 aliphatic rings. The summed E-state index contributed by atoms with van der Waals surface area (Å²) >= 11 is 0. The van der Waals surface area contributed by atoms with Crippen LogP contribution in [0.4, 0.5) is 0 Å². The minimum Gasteiger partial charge on any atom is -0.480 e. The second kappa shape index (κ2) is 5.33. The molecular formula is C8H12N2O2. The number of nitrogens with zero attached hydrogens (tertiary/aromatic N) is 2. The maximum atomic E-state index is 10.3. The number of hydrogen-bond donors (Lipinski definition) is 1. The molecule has 0 aromatic carbocycles. The van der Waals surface area contributed by atoms with Gasteiger partial charge in [-0.1, -0.05) is 6.08 Å². The van der Waals surface area contributed by atoms with E-state index in [1.807, 2.05) is 6.07 Å². The van der Waals surface area contributed by atoms with Crippen molar-refractivity contribution in [3.63, 3.8) is 0 Å². The van der Waals surface area contributed by atoms with Gasteiger partial charge in [-0.05, 0) is 6.92 Å². The van der Waals surface area contributed by atoms with Crippen LogP contribution in [0.2, 0.25) is 0 Å². The SMILES string of the molecule is C=CCN(CC(=O)O)C(C)C#N. The maximum Gasteiger partial charge on any atom is 0.317 e. The first-order chi connectivity index (χ1) is 5.61. The molecule has 0 aromatic rings. The minimum atomic E-state index is -0.932. The molecule has 4 heteroatoms. The van der Waals surface area contributed by atoms with E-state index in [1.54, 1.807) is 13.0 Å². The molecule has 0 spiro atoms. The minimum absolute atomic E-state index is 0.124. The lowest BCUT2D eigenvalue weighted by Crippen LogP contribution is -2.36. The molecule has 0 aliphatic heterocycles. The third kappa shape index (κ3) is 3.74. The van der Waals surface area contributed by atoms with Gasteiger partial charge in [-0.3, -0.25) is 9.69 Å². The Bertz CT molecular complexity index is 208. The van der Waals surface area contributed by atoms with Crippen molar-refractivity contribution in [2.45, 2.75) is 13.0 Å². The molecule has 1 N–H and O–H groups in total. The number of carboxylic acids is 1. The van der Waals surface area contributed by atoms with Crippen molar-refractivity contribution in [1.29, 1.82) is 5.26 Å².